The van der Waals surface area contributed by atoms with Gasteiger partial charge in [-0.15, -0.1) is 0 Å². The molecular formula is C24H30N6O2. The second-order valence-electron chi connectivity index (χ2n) is 9.70. The van der Waals surface area contributed by atoms with Gasteiger partial charge < -0.3 is 21.1 Å². The molecule has 3 atom stereocenters. The smallest absolute Gasteiger partial charge is 0.234 e. The zero-order chi connectivity index (χ0) is 22.9. The number of amides is 1. The average molecular weight is 435 g/mol. The van der Waals surface area contributed by atoms with Crippen molar-refractivity contribution in [3.8, 4) is 6.07 Å². The second-order valence-corrected chi connectivity index (χ2v) is 9.70. The van der Waals surface area contributed by atoms with Gasteiger partial charge in [-0.3, -0.25) is 4.79 Å². The van der Waals surface area contributed by atoms with E-state index in [1.54, 1.807) is 0 Å². The van der Waals surface area contributed by atoms with Crippen LogP contribution in [0.4, 0.5) is 17.5 Å². The molecule has 1 aromatic heterocycles. The largest absolute Gasteiger partial charge is 0.393 e. The molecule has 0 saturated heterocycles. The van der Waals surface area contributed by atoms with Crippen LogP contribution in [0.5, 0.6) is 0 Å². The summed E-state index contributed by atoms with van der Waals surface area (Å²) in [4.78, 5) is 21.4. The van der Waals surface area contributed by atoms with Crippen molar-refractivity contribution < 1.29 is 9.90 Å². The van der Waals surface area contributed by atoms with Crippen molar-refractivity contribution in [3.05, 3.63) is 41.6 Å². The number of aliphatic hydroxyl groups excluding tert-OH is 1. The topological polar surface area (TPSA) is 123 Å². The van der Waals surface area contributed by atoms with Gasteiger partial charge >= 0.3 is 0 Å². The first-order valence-corrected chi connectivity index (χ1v) is 11.1. The molecule has 1 aliphatic heterocycles. The van der Waals surface area contributed by atoms with Crippen molar-refractivity contribution >= 4 is 23.4 Å². The van der Waals surface area contributed by atoms with Crippen molar-refractivity contribution in [2.45, 2.75) is 64.0 Å². The molecule has 4 N–H and O–H groups in total. The molecule has 8 nitrogen and oxygen atoms in total. The van der Waals surface area contributed by atoms with Crippen LogP contribution < -0.4 is 16.0 Å². The molecule has 2 aliphatic rings. The van der Waals surface area contributed by atoms with E-state index in [2.05, 4.69) is 45.8 Å². The van der Waals surface area contributed by atoms with Gasteiger partial charge in [-0.05, 0) is 49.7 Å². The van der Waals surface area contributed by atoms with Crippen molar-refractivity contribution in [1.82, 2.24) is 9.97 Å². The molecule has 0 radical (unpaired) electrons. The van der Waals surface area contributed by atoms with Crippen molar-refractivity contribution in [2.24, 2.45) is 5.41 Å². The summed E-state index contributed by atoms with van der Waals surface area (Å²) in [5.41, 5.74) is 1.44. The Morgan fingerprint density at radius 3 is 2.81 bits per heavy atom. The van der Waals surface area contributed by atoms with Gasteiger partial charge in [0.2, 0.25) is 11.9 Å². The maximum atomic E-state index is 12.6. The Bertz CT molecular complexity index is 1060. The summed E-state index contributed by atoms with van der Waals surface area (Å²) >= 11 is 0. The molecule has 168 valence electrons. The molecule has 0 unspecified atom stereocenters. The molecule has 0 bridgehead atoms. The fourth-order valence-corrected chi connectivity index (χ4v) is 4.73. The van der Waals surface area contributed by atoms with E-state index >= 15 is 0 Å². The van der Waals surface area contributed by atoms with Gasteiger partial charge in [0, 0.05) is 18.3 Å². The van der Waals surface area contributed by atoms with Crippen molar-refractivity contribution in [1.29, 1.82) is 5.26 Å². The minimum absolute atomic E-state index is 0.00861. The summed E-state index contributed by atoms with van der Waals surface area (Å²) in [5.74, 6) is 0.903. The number of anilines is 3. The van der Waals surface area contributed by atoms with Crippen LogP contribution in [-0.2, 0) is 10.2 Å². The zero-order valence-corrected chi connectivity index (χ0v) is 18.8. The van der Waals surface area contributed by atoms with E-state index < -0.39 is 5.41 Å². The van der Waals surface area contributed by atoms with Crippen LogP contribution in [0.1, 0.15) is 57.6 Å². The molecule has 4 rings (SSSR count). The van der Waals surface area contributed by atoms with E-state index in [1.807, 2.05) is 31.2 Å². The molecule has 1 amide bonds. The highest BCUT2D eigenvalue weighted by molar-refractivity contribution is 6.05. The quantitative estimate of drug-likeness (QED) is 0.549. The number of hydrogen-bond acceptors (Lipinski definition) is 7. The van der Waals surface area contributed by atoms with Crippen molar-refractivity contribution in [2.75, 3.05) is 22.5 Å². The number of aliphatic hydroxyl groups is 1. The highest BCUT2D eigenvalue weighted by atomic mass is 16.3. The lowest BCUT2D eigenvalue weighted by Crippen LogP contribution is -2.41. The number of hydrogen-bond donors (Lipinski definition) is 4. The molecule has 2 heterocycles. The minimum atomic E-state index is -0.619. The highest BCUT2D eigenvalue weighted by Gasteiger charge is 2.42. The summed E-state index contributed by atoms with van der Waals surface area (Å²) < 4.78 is 0. The van der Waals surface area contributed by atoms with Gasteiger partial charge in [0.05, 0.1) is 17.7 Å². The second kappa shape index (κ2) is 8.40. The Labute approximate surface area is 188 Å². The van der Waals surface area contributed by atoms with Gasteiger partial charge in [0.1, 0.15) is 17.5 Å². The number of nitrogens with zero attached hydrogens (tertiary/aromatic N) is 3. The molecule has 8 heteroatoms. The van der Waals surface area contributed by atoms with E-state index in [4.69, 9.17) is 0 Å². The van der Waals surface area contributed by atoms with Crippen LogP contribution in [0.3, 0.4) is 0 Å². The maximum absolute atomic E-state index is 12.6. The standard InChI is InChI=1S/C24H30N6O2/c1-23(2)12-16(8-9-19(23)31)28-20-15(13-25)14-27-22(30-20)26-11-10-24(3)17-6-4-5-7-18(17)29-21(24)32/h4-7,14,16,19,31H,8-12H2,1-3H3,(H,29,32)(H2,26,27,28,30)/t16-,19+,24+/m1/s1. The maximum Gasteiger partial charge on any atom is 0.234 e. The Morgan fingerprint density at radius 2 is 2.06 bits per heavy atom. The van der Waals surface area contributed by atoms with Gasteiger partial charge in [-0.25, -0.2) is 4.98 Å². The first kappa shape index (κ1) is 22.0. The van der Waals surface area contributed by atoms with Gasteiger partial charge in [0.15, 0.2) is 0 Å². The first-order chi connectivity index (χ1) is 15.2. The third kappa shape index (κ3) is 4.13. The summed E-state index contributed by atoms with van der Waals surface area (Å²) in [6.45, 7) is 6.57. The van der Waals surface area contributed by atoms with Crippen molar-refractivity contribution in [3.63, 3.8) is 0 Å². The lowest BCUT2D eigenvalue weighted by molar-refractivity contribution is -0.120. The lowest BCUT2D eigenvalue weighted by atomic mass is 9.73. The fraction of sp³-hybridized carbons (Fsp3) is 0.500. The first-order valence-electron chi connectivity index (χ1n) is 11.1. The average Bonchev–Trinajstić information content (AvgIpc) is 3.01. The molecule has 1 aliphatic carbocycles. The number of benzene rings is 1. The van der Waals surface area contributed by atoms with Crippen LogP contribution in [0.15, 0.2) is 30.5 Å². The van der Waals surface area contributed by atoms with Crippen LogP contribution in [0.2, 0.25) is 0 Å². The number of para-hydroxylation sites is 1. The third-order valence-corrected chi connectivity index (χ3v) is 6.89. The van der Waals surface area contributed by atoms with Crippen LogP contribution in [0, 0.1) is 16.7 Å². The normalized spacial score (nSPS) is 26.0. The van der Waals surface area contributed by atoms with Gasteiger partial charge in [-0.1, -0.05) is 32.0 Å². The lowest BCUT2D eigenvalue weighted by Gasteiger charge is -2.40. The predicted molar refractivity (Wildman–Crippen MR) is 123 cm³/mol. The number of nitriles is 1. The van der Waals surface area contributed by atoms with E-state index in [1.165, 1.54) is 6.20 Å². The van der Waals surface area contributed by atoms with Gasteiger partial charge in [-0.2, -0.15) is 10.2 Å². The molecular weight excluding hydrogens is 404 g/mol. The number of rotatable bonds is 6. The molecule has 32 heavy (non-hydrogen) atoms. The van der Waals surface area contributed by atoms with E-state index in [0.29, 0.717) is 36.7 Å². The molecule has 0 spiro atoms. The van der Waals surface area contributed by atoms with E-state index in [0.717, 1.165) is 24.1 Å². The van der Waals surface area contributed by atoms with Gasteiger partial charge in [0.25, 0.3) is 0 Å². The fourth-order valence-electron chi connectivity index (χ4n) is 4.73. The van der Waals surface area contributed by atoms with Crippen LogP contribution >= 0.6 is 0 Å². The minimum Gasteiger partial charge on any atom is -0.393 e. The molecule has 1 aromatic carbocycles. The predicted octanol–water partition coefficient (Wildman–Crippen LogP) is 3.41. The summed E-state index contributed by atoms with van der Waals surface area (Å²) in [6, 6.07) is 10.0. The zero-order valence-electron chi connectivity index (χ0n) is 18.8. The molecule has 1 saturated carbocycles. The SMILES string of the molecule is CC1(C)C[C@H](Nc2nc(NCC[C@]3(C)C(=O)Nc4ccccc43)ncc2C#N)CC[C@@H]1O. The van der Waals surface area contributed by atoms with Crippen LogP contribution in [-0.4, -0.2) is 39.7 Å². The Kier molecular flexibility index (Phi) is 5.78. The monoisotopic (exact) mass is 434 g/mol. The number of carbonyl (C=O) groups excluding carboxylic acids is 1. The Hall–Kier alpha value is -3.18. The van der Waals surface area contributed by atoms with E-state index in [9.17, 15) is 15.2 Å². The number of fused-ring (bicyclic) bond motifs is 1. The molecule has 1 fully saturated rings. The molecule has 2 aromatic rings. The summed E-state index contributed by atoms with van der Waals surface area (Å²) in [7, 11) is 0. The van der Waals surface area contributed by atoms with Crippen LogP contribution in [0.25, 0.3) is 0 Å². The number of nitrogens with one attached hydrogen (secondary N) is 3. The Balaban J connectivity index is 1.43. The number of carbonyl (C=O) groups is 1. The highest BCUT2D eigenvalue weighted by Crippen LogP contribution is 2.40. The number of aromatic nitrogens is 2. The van der Waals surface area contributed by atoms with E-state index in [-0.39, 0.29) is 23.5 Å². The summed E-state index contributed by atoms with van der Waals surface area (Å²) in [6.07, 6.45) is 4.09. The Morgan fingerprint density at radius 1 is 1.28 bits per heavy atom. The third-order valence-electron chi connectivity index (χ3n) is 6.89. The summed E-state index contributed by atoms with van der Waals surface area (Å²) in [5, 5.41) is 29.2.